The molecule has 0 saturated heterocycles. The highest BCUT2D eigenvalue weighted by molar-refractivity contribution is 5.27. The van der Waals surface area contributed by atoms with E-state index in [1.54, 1.807) is 0 Å². The summed E-state index contributed by atoms with van der Waals surface area (Å²) < 4.78 is 5.52. The van der Waals surface area contributed by atoms with Gasteiger partial charge >= 0.3 is 0 Å². The molecular formula is C15H24O2. The van der Waals surface area contributed by atoms with Gasteiger partial charge in [0.2, 0.25) is 0 Å². The highest BCUT2D eigenvalue weighted by atomic mass is 16.5. The smallest absolute Gasteiger partial charge is 0.119 e. The van der Waals surface area contributed by atoms with Crippen molar-refractivity contribution in [1.82, 2.24) is 0 Å². The molecule has 0 aliphatic heterocycles. The van der Waals surface area contributed by atoms with Gasteiger partial charge in [0.05, 0.1) is 12.7 Å². The summed E-state index contributed by atoms with van der Waals surface area (Å²) in [5.41, 5.74) is 1.26. The van der Waals surface area contributed by atoms with E-state index in [0.717, 1.165) is 31.6 Å². The van der Waals surface area contributed by atoms with E-state index in [1.807, 2.05) is 26.0 Å². The first-order valence-electron chi connectivity index (χ1n) is 6.53. The highest BCUT2D eigenvalue weighted by Gasteiger charge is 2.08. The summed E-state index contributed by atoms with van der Waals surface area (Å²) in [5, 5.41) is 9.73. The molecule has 1 N–H and O–H groups in total. The Labute approximate surface area is 105 Å². The molecule has 0 aromatic heterocycles. The van der Waals surface area contributed by atoms with Gasteiger partial charge in [0.15, 0.2) is 0 Å². The van der Waals surface area contributed by atoms with Crippen molar-refractivity contribution in [2.45, 2.75) is 46.1 Å². The van der Waals surface area contributed by atoms with Crippen LogP contribution in [0.5, 0.6) is 5.75 Å². The van der Waals surface area contributed by atoms with E-state index in [1.165, 1.54) is 5.56 Å². The molecule has 17 heavy (non-hydrogen) atoms. The standard InChI is InChI=1S/C15H24O2/c1-4-11-17-14-8-5-13(6-9-14)7-10-15(16)12(2)3/h5-6,8-9,12,15-16H,4,7,10-11H2,1-3H3. The van der Waals surface area contributed by atoms with Crippen LogP contribution in [0.25, 0.3) is 0 Å². The van der Waals surface area contributed by atoms with Gasteiger partial charge in [0.1, 0.15) is 5.75 Å². The van der Waals surface area contributed by atoms with Crippen molar-refractivity contribution in [2.75, 3.05) is 6.61 Å². The predicted octanol–water partition coefficient (Wildman–Crippen LogP) is 3.42. The van der Waals surface area contributed by atoms with E-state index < -0.39 is 0 Å². The summed E-state index contributed by atoms with van der Waals surface area (Å²) in [7, 11) is 0. The average molecular weight is 236 g/mol. The van der Waals surface area contributed by atoms with Gasteiger partial charge < -0.3 is 9.84 Å². The second-order valence-electron chi connectivity index (χ2n) is 4.84. The molecule has 1 unspecified atom stereocenters. The lowest BCUT2D eigenvalue weighted by Crippen LogP contribution is -2.15. The summed E-state index contributed by atoms with van der Waals surface area (Å²) in [6.07, 6.45) is 2.58. The molecule has 1 aromatic rings. The molecule has 0 fully saturated rings. The van der Waals surface area contributed by atoms with E-state index in [2.05, 4.69) is 19.1 Å². The van der Waals surface area contributed by atoms with Gasteiger partial charge in [-0.25, -0.2) is 0 Å². The van der Waals surface area contributed by atoms with E-state index in [0.29, 0.717) is 5.92 Å². The lowest BCUT2D eigenvalue weighted by atomic mass is 9.99. The Hall–Kier alpha value is -1.02. The fourth-order valence-corrected chi connectivity index (χ4v) is 1.62. The Kier molecular flexibility index (Phi) is 6.06. The third-order valence-electron chi connectivity index (χ3n) is 2.89. The Bertz CT molecular complexity index is 303. The molecule has 1 aromatic carbocycles. The second kappa shape index (κ2) is 7.33. The number of hydrogen-bond donors (Lipinski definition) is 1. The SMILES string of the molecule is CCCOc1ccc(CCC(O)C(C)C)cc1. The van der Waals surface area contributed by atoms with Crippen molar-refractivity contribution in [1.29, 1.82) is 0 Å². The minimum absolute atomic E-state index is 0.203. The minimum atomic E-state index is -0.203. The van der Waals surface area contributed by atoms with Gasteiger partial charge in [-0.1, -0.05) is 32.9 Å². The number of ether oxygens (including phenoxy) is 1. The largest absolute Gasteiger partial charge is 0.494 e. The van der Waals surface area contributed by atoms with E-state index in [9.17, 15) is 5.11 Å². The fraction of sp³-hybridized carbons (Fsp3) is 0.600. The van der Waals surface area contributed by atoms with Gasteiger partial charge in [0, 0.05) is 0 Å². The first-order valence-corrected chi connectivity index (χ1v) is 6.53. The van der Waals surface area contributed by atoms with Gasteiger partial charge in [-0.2, -0.15) is 0 Å². The molecule has 0 heterocycles. The van der Waals surface area contributed by atoms with Crippen LogP contribution in [0.3, 0.4) is 0 Å². The fourth-order valence-electron chi connectivity index (χ4n) is 1.62. The van der Waals surface area contributed by atoms with Crippen LogP contribution in [0.1, 0.15) is 39.2 Å². The number of hydrogen-bond acceptors (Lipinski definition) is 2. The summed E-state index contributed by atoms with van der Waals surface area (Å²) in [5.74, 6) is 1.27. The summed E-state index contributed by atoms with van der Waals surface area (Å²) in [6.45, 7) is 6.96. The van der Waals surface area contributed by atoms with Crippen molar-refractivity contribution < 1.29 is 9.84 Å². The molecular weight excluding hydrogens is 212 g/mol. The van der Waals surface area contributed by atoms with Gasteiger partial charge in [-0.05, 0) is 42.9 Å². The lowest BCUT2D eigenvalue weighted by molar-refractivity contribution is 0.116. The molecule has 0 aliphatic carbocycles. The number of benzene rings is 1. The van der Waals surface area contributed by atoms with Crippen molar-refractivity contribution in [3.05, 3.63) is 29.8 Å². The first kappa shape index (κ1) is 14.0. The van der Waals surface area contributed by atoms with Crippen LogP contribution in [0.2, 0.25) is 0 Å². The molecule has 96 valence electrons. The van der Waals surface area contributed by atoms with Crippen molar-refractivity contribution in [3.8, 4) is 5.75 Å². The third kappa shape index (κ3) is 5.22. The Morgan fingerprint density at radius 3 is 2.35 bits per heavy atom. The highest BCUT2D eigenvalue weighted by Crippen LogP contribution is 2.15. The maximum Gasteiger partial charge on any atom is 0.119 e. The number of rotatable bonds is 7. The average Bonchev–Trinajstić information content (AvgIpc) is 2.34. The monoisotopic (exact) mass is 236 g/mol. The molecule has 1 atom stereocenters. The van der Waals surface area contributed by atoms with Crippen LogP contribution < -0.4 is 4.74 Å². The van der Waals surface area contributed by atoms with Gasteiger partial charge in [0.25, 0.3) is 0 Å². The van der Waals surface area contributed by atoms with Gasteiger partial charge in [-0.3, -0.25) is 0 Å². The normalized spacial score (nSPS) is 12.8. The van der Waals surface area contributed by atoms with Crippen molar-refractivity contribution >= 4 is 0 Å². The molecule has 0 saturated carbocycles. The quantitative estimate of drug-likeness (QED) is 0.786. The summed E-state index contributed by atoms with van der Waals surface area (Å²) in [6, 6.07) is 8.18. The molecule has 0 aliphatic rings. The van der Waals surface area contributed by atoms with Crippen LogP contribution in [-0.4, -0.2) is 17.8 Å². The zero-order chi connectivity index (χ0) is 12.7. The third-order valence-corrected chi connectivity index (χ3v) is 2.89. The van der Waals surface area contributed by atoms with E-state index in [4.69, 9.17) is 4.74 Å². The summed E-state index contributed by atoms with van der Waals surface area (Å²) in [4.78, 5) is 0. The van der Waals surface area contributed by atoms with E-state index >= 15 is 0 Å². The molecule has 2 heteroatoms. The van der Waals surface area contributed by atoms with Crippen LogP contribution in [0.4, 0.5) is 0 Å². The van der Waals surface area contributed by atoms with Crippen molar-refractivity contribution in [2.24, 2.45) is 5.92 Å². The predicted molar refractivity (Wildman–Crippen MR) is 71.4 cm³/mol. The maximum absolute atomic E-state index is 9.73. The molecule has 0 spiro atoms. The Morgan fingerprint density at radius 2 is 1.82 bits per heavy atom. The second-order valence-corrected chi connectivity index (χ2v) is 4.84. The number of aryl methyl sites for hydroxylation is 1. The molecule has 1 rings (SSSR count). The van der Waals surface area contributed by atoms with Crippen LogP contribution >= 0.6 is 0 Å². The lowest BCUT2D eigenvalue weighted by Gasteiger charge is -2.14. The van der Waals surface area contributed by atoms with Crippen LogP contribution in [-0.2, 0) is 6.42 Å². The molecule has 0 bridgehead atoms. The molecule has 0 amide bonds. The van der Waals surface area contributed by atoms with E-state index in [-0.39, 0.29) is 6.10 Å². The maximum atomic E-state index is 9.73. The zero-order valence-electron chi connectivity index (χ0n) is 11.1. The van der Waals surface area contributed by atoms with Gasteiger partial charge in [-0.15, -0.1) is 0 Å². The minimum Gasteiger partial charge on any atom is -0.494 e. The summed E-state index contributed by atoms with van der Waals surface area (Å²) >= 11 is 0. The zero-order valence-corrected chi connectivity index (χ0v) is 11.1. The first-order chi connectivity index (χ1) is 8.13. The van der Waals surface area contributed by atoms with Crippen LogP contribution in [0.15, 0.2) is 24.3 Å². The Morgan fingerprint density at radius 1 is 1.18 bits per heavy atom. The molecule has 2 nitrogen and oxygen atoms in total. The number of aliphatic hydroxyl groups is 1. The number of aliphatic hydroxyl groups excluding tert-OH is 1. The van der Waals surface area contributed by atoms with Crippen molar-refractivity contribution in [3.63, 3.8) is 0 Å². The Balaban J connectivity index is 2.40. The molecule has 0 radical (unpaired) electrons. The topological polar surface area (TPSA) is 29.5 Å². The van der Waals surface area contributed by atoms with Crippen LogP contribution in [0, 0.1) is 5.92 Å².